The summed E-state index contributed by atoms with van der Waals surface area (Å²) in [5.41, 5.74) is 2.85. The lowest BCUT2D eigenvalue weighted by molar-refractivity contribution is 0.0144. The molecule has 0 spiro atoms. The number of carbonyl (C=O) groups excluding carboxylic acids is 1. The van der Waals surface area contributed by atoms with Gasteiger partial charge in [0.05, 0.1) is 30.8 Å². The minimum absolute atomic E-state index is 0.243. The molecular formula is C29H34N6O2S. The van der Waals surface area contributed by atoms with E-state index in [1.807, 2.05) is 27.0 Å². The lowest BCUT2D eigenvalue weighted by atomic mass is 10.0. The van der Waals surface area contributed by atoms with Gasteiger partial charge in [0.25, 0.3) is 0 Å². The van der Waals surface area contributed by atoms with Gasteiger partial charge in [-0.2, -0.15) is 5.26 Å². The highest BCUT2D eigenvalue weighted by atomic mass is 32.2. The molecule has 0 aliphatic carbocycles. The maximum Gasteiger partial charge on any atom is 0.410 e. The molecule has 2 aliphatic rings. The number of fused-ring (bicyclic) bond motifs is 2. The van der Waals surface area contributed by atoms with E-state index in [2.05, 4.69) is 58.3 Å². The van der Waals surface area contributed by atoms with Crippen molar-refractivity contribution >= 4 is 40.1 Å². The number of hydrogen-bond donors (Lipinski definition) is 0. The van der Waals surface area contributed by atoms with Crippen LogP contribution in [0.15, 0.2) is 47.6 Å². The van der Waals surface area contributed by atoms with Crippen molar-refractivity contribution in [1.29, 1.82) is 5.26 Å². The topological polar surface area (TPSA) is 85.6 Å². The molecule has 5 rings (SSSR count). The zero-order valence-corrected chi connectivity index (χ0v) is 23.3. The fourth-order valence-corrected chi connectivity index (χ4v) is 5.70. The number of anilines is 2. The first-order valence-electron chi connectivity index (χ1n) is 13.1. The lowest BCUT2D eigenvalue weighted by Crippen LogP contribution is -2.56. The van der Waals surface area contributed by atoms with Crippen LogP contribution in [-0.2, 0) is 17.7 Å². The number of ether oxygens (including phenoxy) is 1. The van der Waals surface area contributed by atoms with E-state index in [0.717, 1.165) is 29.6 Å². The first-order valence-corrected chi connectivity index (χ1v) is 14.3. The minimum atomic E-state index is -0.583. The van der Waals surface area contributed by atoms with Crippen molar-refractivity contribution < 1.29 is 9.53 Å². The van der Waals surface area contributed by atoms with Gasteiger partial charge >= 0.3 is 6.09 Å². The van der Waals surface area contributed by atoms with E-state index in [0.29, 0.717) is 26.2 Å². The van der Waals surface area contributed by atoms with Gasteiger partial charge in [0, 0.05) is 42.8 Å². The lowest BCUT2D eigenvalue weighted by Gasteiger charge is -2.42. The van der Waals surface area contributed by atoms with Crippen LogP contribution in [0.25, 0.3) is 10.8 Å². The maximum absolute atomic E-state index is 12.9. The third-order valence-electron chi connectivity index (χ3n) is 7.05. The van der Waals surface area contributed by atoms with Crippen molar-refractivity contribution in [3.8, 4) is 6.07 Å². The first-order chi connectivity index (χ1) is 18.3. The van der Waals surface area contributed by atoms with Crippen molar-refractivity contribution in [3.05, 3.63) is 53.7 Å². The molecule has 3 aromatic rings. The highest BCUT2D eigenvalue weighted by Crippen LogP contribution is 2.35. The van der Waals surface area contributed by atoms with Gasteiger partial charge in [0.15, 0.2) is 5.16 Å². The standard InChI is InChI=1S/C29H34N6O2S/c1-29(2,3)37-28(36)35-17-16-34(18-21(35)12-14-30)26-23-13-15-33(19-24(23)31-27(32-26)38-4)25-11-7-9-20-8-5-6-10-22(20)25/h5-11,21H,12-13,15-19H2,1-4H3/t21-/m0/s1. The fourth-order valence-electron chi connectivity index (χ4n) is 5.32. The Balaban J connectivity index is 1.43. The Labute approximate surface area is 228 Å². The second-order valence-corrected chi connectivity index (χ2v) is 11.5. The summed E-state index contributed by atoms with van der Waals surface area (Å²) >= 11 is 1.54. The molecular weight excluding hydrogens is 496 g/mol. The smallest absolute Gasteiger partial charge is 0.410 e. The molecule has 0 saturated carbocycles. The predicted molar refractivity (Wildman–Crippen MR) is 152 cm³/mol. The zero-order chi connectivity index (χ0) is 26.9. The molecule has 0 N–H and O–H groups in total. The highest BCUT2D eigenvalue weighted by Gasteiger charge is 2.35. The molecule has 0 radical (unpaired) electrons. The number of carbonyl (C=O) groups is 1. The minimum Gasteiger partial charge on any atom is -0.444 e. The van der Waals surface area contributed by atoms with Crippen LogP contribution in [0, 0.1) is 11.3 Å². The van der Waals surface area contributed by atoms with E-state index < -0.39 is 5.60 Å². The van der Waals surface area contributed by atoms with E-state index in [1.54, 1.807) is 4.90 Å². The van der Waals surface area contributed by atoms with Crippen molar-refractivity contribution in [2.75, 3.05) is 42.2 Å². The molecule has 38 heavy (non-hydrogen) atoms. The molecule has 9 heteroatoms. The number of nitriles is 1. The van der Waals surface area contributed by atoms with Gasteiger partial charge < -0.3 is 19.4 Å². The molecule has 2 aliphatic heterocycles. The first kappa shape index (κ1) is 26.1. The van der Waals surface area contributed by atoms with Crippen LogP contribution in [0.3, 0.4) is 0 Å². The number of piperazine rings is 1. The Morgan fingerprint density at radius 3 is 2.66 bits per heavy atom. The molecule has 1 aromatic heterocycles. The summed E-state index contributed by atoms with van der Waals surface area (Å²) in [6.07, 6.45) is 2.71. The van der Waals surface area contributed by atoms with Crippen LogP contribution >= 0.6 is 11.8 Å². The van der Waals surface area contributed by atoms with E-state index in [4.69, 9.17) is 14.7 Å². The van der Waals surface area contributed by atoms with E-state index in [-0.39, 0.29) is 18.6 Å². The van der Waals surface area contributed by atoms with Crippen LogP contribution in [0.2, 0.25) is 0 Å². The van der Waals surface area contributed by atoms with Crippen LogP contribution in [0.1, 0.15) is 38.4 Å². The Morgan fingerprint density at radius 2 is 1.89 bits per heavy atom. The van der Waals surface area contributed by atoms with E-state index in [1.165, 1.54) is 33.8 Å². The molecule has 1 atom stereocenters. The SMILES string of the molecule is CSc1nc2c(c(N3CCN(C(=O)OC(C)(C)C)[C@@H](CC#N)C3)n1)CCN(c1cccc3ccccc13)C2. The largest absolute Gasteiger partial charge is 0.444 e. The monoisotopic (exact) mass is 530 g/mol. The van der Waals surface area contributed by atoms with Crippen molar-refractivity contribution in [2.45, 2.75) is 57.0 Å². The van der Waals surface area contributed by atoms with E-state index >= 15 is 0 Å². The summed E-state index contributed by atoms with van der Waals surface area (Å²) in [6, 6.07) is 16.9. The third kappa shape index (κ3) is 5.37. The summed E-state index contributed by atoms with van der Waals surface area (Å²) in [5, 5.41) is 12.7. The molecule has 1 saturated heterocycles. The average molecular weight is 531 g/mol. The number of aromatic nitrogens is 2. The number of nitrogens with zero attached hydrogens (tertiary/aromatic N) is 6. The molecule has 2 aromatic carbocycles. The summed E-state index contributed by atoms with van der Waals surface area (Å²) < 4.78 is 5.63. The van der Waals surface area contributed by atoms with Gasteiger partial charge in [-0.25, -0.2) is 14.8 Å². The Morgan fingerprint density at radius 1 is 1.11 bits per heavy atom. The fraction of sp³-hybridized carbons (Fsp3) is 0.448. The average Bonchev–Trinajstić information content (AvgIpc) is 2.91. The normalized spacial score (nSPS) is 17.8. The Bertz CT molecular complexity index is 1380. The highest BCUT2D eigenvalue weighted by molar-refractivity contribution is 7.98. The van der Waals surface area contributed by atoms with Crippen molar-refractivity contribution in [1.82, 2.24) is 14.9 Å². The number of benzene rings is 2. The molecule has 1 amide bonds. The molecule has 3 heterocycles. The molecule has 0 unspecified atom stereocenters. The second kappa shape index (κ2) is 10.7. The number of hydrogen-bond acceptors (Lipinski definition) is 8. The van der Waals surface area contributed by atoms with Crippen LogP contribution in [0.4, 0.5) is 16.3 Å². The zero-order valence-electron chi connectivity index (χ0n) is 22.5. The van der Waals surface area contributed by atoms with Gasteiger partial charge in [-0.3, -0.25) is 0 Å². The van der Waals surface area contributed by atoms with Crippen molar-refractivity contribution in [3.63, 3.8) is 0 Å². The van der Waals surface area contributed by atoms with Gasteiger partial charge in [-0.1, -0.05) is 48.2 Å². The summed E-state index contributed by atoms with van der Waals surface area (Å²) in [6.45, 7) is 8.82. The van der Waals surface area contributed by atoms with Gasteiger partial charge in [-0.15, -0.1) is 0 Å². The molecule has 0 bridgehead atoms. The molecule has 8 nitrogen and oxygen atoms in total. The molecule has 1 fully saturated rings. The van der Waals surface area contributed by atoms with E-state index in [9.17, 15) is 10.1 Å². The second-order valence-electron chi connectivity index (χ2n) is 10.8. The van der Waals surface area contributed by atoms with Crippen LogP contribution in [0.5, 0.6) is 0 Å². The number of rotatable bonds is 4. The number of amides is 1. The van der Waals surface area contributed by atoms with Gasteiger partial charge in [0.2, 0.25) is 0 Å². The summed E-state index contributed by atoms with van der Waals surface area (Å²) in [7, 11) is 0. The summed E-state index contributed by atoms with van der Waals surface area (Å²) in [5.74, 6) is 0.934. The van der Waals surface area contributed by atoms with Crippen LogP contribution in [-0.4, -0.2) is 65.0 Å². The molecule has 198 valence electrons. The Kier molecular flexibility index (Phi) is 7.35. The predicted octanol–water partition coefficient (Wildman–Crippen LogP) is 5.25. The summed E-state index contributed by atoms with van der Waals surface area (Å²) in [4.78, 5) is 29.1. The number of thioether (sulfide) groups is 1. The maximum atomic E-state index is 12.9. The quantitative estimate of drug-likeness (QED) is 0.334. The van der Waals surface area contributed by atoms with Gasteiger partial charge in [0.1, 0.15) is 11.4 Å². The van der Waals surface area contributed by atoms with Gasteiger partial charge in [-0.05, 0) is 44.9 Å². The Hall–Kier alpha value is -3.51. The van der Waals surface area contributed by atoms with Crippen LogP contribution < -0.4 is 9.80 Å². The third-order valence-corrected chi connectivity index (χ3v) is 7.60. The van der Waals surface area contributed by atoms with Crippen molar-refractivity contribution in [2.24, 2.45) is 0 Å².